The molecule has 1 N–H and O–H groups in total. The Morgan fingerprint density at radius 1 is 1.50 bits per heavy atom. The quantitative estimate of drug-likeness (QED) is 0.862. The Labute approximate surface area is 128 Å². The molecule has 1 atom stereocenters. The number of para-hydroxylation sites is 1. The summed E-state index contributed by atoms with van der Waals surface area (Å²) in [5.41, 5.74) is 1.57. The van der Waals surface area contributed by atoms with Gasteiger partial charge in [-0.05, 0) is 26.0 Å². The van der Waals surface area contributed by atoms with Gasteiger partial charge in [0.05, 0.1) is 10.5 Å². The number of amides is 1. The number of carbonyl (C=O) groups is 1. The Hall–Kier alpha value is -1.26. The second-order valence-electron chi connectivity index (χ2n) is 4.52. The van der Waals surface area contributed by atoms with Crippen LogP contribution in [-0.2, 0) is 11.2 Å². The molecular weight excluding hydrogens is 297 g/mol. The summed E-state index contributed by atoms with van der Waals surface area (Å²) < 4.78 is 1.91. The van der Waals surface area contributed by atoms with Crippen molar-refractivity contribution in [2.75, 3.05) is 12.4 Å². The zero-order chi connectivity index (χ0) is 14.7. The van der Waals surface area contributed by atoms with E-state index >= 15 is 0 Å². The minimum Gasteiger partial charge on any atom is -0.355 e. The maximum absolute atomic E-state index is 12.1. The van der Waals surface area contributed by atoms with E-state index in [1.165, 1.54) is 0 Å². The van der Waals surface area contributed by atoms with Gasteiger partial charge in [0.1, 0.15) is 17.4 Å². The van der Waals surface area contributed by atoms with Gasteiger partial charge in [-0.1, -0.05) is 17.7 Å². The summed E-state index contributed by atoms with van der Waals surface area (Å²) in [6, 6.07) is 5.22. The van der Waals surface area contributed by atoms with Gasteiger partial charge in [0.2, 0.25) is 5.91 Å². The zero-order valence-corrected chi connectivity index (χ0v) is 13.0. The normalized spacial score (nSPS) is 12.6. The smallest absolute Gasteiger partial charge is 0.242 e. The summed E-state index contributed by atoms with van der Waals surface area (Å²) in [6.07, 6.45) is 0.594. The fourth-order valence-electron chi connectivity index (χ4n) is 2.26. The van der Waals surface area contributed by atoms with Gasteiger partial charge in [0.25, 0.3) is 0 Å². The Balaban J connectivity index is 2.56. The Morgan fingerprint density at radius 3 is 2.90 bits per heavy atom. The van der Waals surface area contributed by atoms with E-state index in [4.69, 9.17) is 23.2 Å². The maximum atomic E-state index is 12.1. The third-order valence-electron chi connectivity index (χ3n) is 3.18. The molecule has 2 aromatic rings. The number of carbonyl (C=O) groups excluding carboxylic acids is 1. The van der Waals surface area contributed by atoms with E-state index in [-0.39, 0.29) is 11.9 Å². The largest absolute Gasteiger partial charge is 0.355 e. The molecule has 1 aromatic heterocycles. The fraction of sp³-hybridized carbons (Fsp3) is 0.429. The number of likely N-dealkylation sites (N-methyl/N-ethyl adjacent to an activating group) is 1. The van der Waals surface area contributed by atoms with E-state index < -0.39 is 0 Å². The van der Waals surface area contributed by atoms with Crippen LogP contribution in [0.5, 0.6) is 0 Å². The van der Waals surface area contributed by atoms with Crippen molar-refractivity contribution in [2.45, 2.75) is 26.3 Å². The third-order valence-corrected chi connectivity index (χ3v) is 3.67. The number of aromatic nitrogens is 2. The number of imidazole rings is 1. The lowest BCUT2D eigenvalue weighted by atomic mass is 10.2. The van der Waals surface area contributed by atoms with E-state index in [1.54, 1.807) is 6.07 Å². The molecular formula is C14H17Cl2N3O. The highest BCUT2D eigenvalue weighted by atomic mass is 35.5. The number of hydrogen-bond donors (Lipinski definition) is 1. The molecule has 1 aromatic carbocycles. The van der Waals surface area contributed by atoms with Gasteiger partial charge in [-0.3, -0.25) is 4.79 Å². The highest BCUT2D eigenvalue weighted by Gasteiger charge is 2.21. The van der Waals surface area contributed by atoms with Crippen LogP contribution in [0.3, 0.4) is 0 Å². The second-order valence-corrected chi connectivity index (χ2v) is 5.30. The van der Waals surface area contributed by atoms with Crippen LogP contribution in [-0.4, -0.2) is 27.9 Å². The van der Waals surface area contributed by atoms with Crippen molar-refractivity contribution in [3.8, 4) is 0 Å². The number of alkyl halides is 1. The summed E-state index contributed by atoms with van der Waals surface area (Å²) in [5.74, 6) is 1.19. The van der Waals surface area contributed by atoms with Gasteiger partial charge < -0.3 is 9.88 Å². The lowest BCUT2D eigenvalue weighted by Gasteiger charge is -2.16. The number of hydrogen-bond acceptors (Lipinski definition) is 2. The van der Waals surface area contributed by atoms with Crippen molar-refractivity contribution in [1.82, 2.24) is 14.9 Å². The Morgan fingerprint density at radius 2 is 2.25 bits per heavy atom. The van der Waals surface area contributed by atoms with Crippen LogP contribution >= 0.6 is 23.2 Å². The molecule has 0 spiro atoms. The average molecular weight is 314 g/mol. The lowest BCUT2D eigenvalue weighted by molar-refractivity contribution is -0.123. The van der Waals surface area contributed by atoms with Gasteiger partial charge >= 0.3 is 0 Å². The molecule has 0 aliphatic rings. The van der Waals surface area contributed by atoms with E-state index in [2.05, 4.69) is 10.3 Å². The highest BCUT2D eigenvalue weighted by Crippen LogP contribution is 2.27. The molecule has 0 saturated heterocycles. The van der Waals surface area contributed by atoms with Crippen LogP contribution in [0.4, 0.5) is 0 Å². The third kappa shape index (κ3) is 2.76. The SMILES string of the molecule is CCNC(=O)C(C)n1c(CCCl)nc2c(Cl)cccc21. The first-order chi connectivity index (χ1) is 9.60. The monoisotopic (exact) mass is 313 g/mol. The van der Waals surface area contributed by atoms with Crippen molar-refractivity contribution >= 4 is 40.1 Å². The van der Waals surface area contributed by atoms with Crippen LogP contribution in [0.2, 0.25) is 5.02 Å². The minimum absolute atomic E-state index is 0.0393. The predicted molar refractivity (Wildman–Crippen MR) is 82.6 cm³/mol. The highest BCUT2D eigenvalue weighted by molar-refractivity contribution is 6.34. The molecule has 6 heteroatoms. The van der Waals surface area contributed by atoms with Gasteiger partial charge in [-0.25, -0.2) is 4.98 Å². The fourth-order valence-corrected chi connectivity index (χ4v) is 2.64. The number of aryl methyl sites for hydroxylation is 1. The van der Waals surface area contributed by atoms with Crippen LogP contribution in [0.1, 0.15) is 25.7 Å². The number of benzene rings is 1. The molecule has 0 saturated carbocycles. The van der Waals surface area contributed by atoms with Gasteiger partial charge in [-0.2, -0.15) is 0 Å². The van der Waals surface area contributed by atoms with E-state index in [0.717, 1.165) is 11.3 Å². The van der Waals surface area contributed by atoms with Crippen LogP contribution in [0.15, 0.2) is 18.2 Å². The van der Waals surface area contributed by atoms with Crippen molar-refractivity contribution in [2.24, 2.45) is 0 Å². The van der Waals surface area contributed by atoms with Gasteiger partial charge in [0.15, 0.2) is 0 Å². The second kappa shape index (κ2) is 6.46. The summed E-state index contributed by atoms with van der Waals surface area (Å²) >= 11 is 12.0. The molecule has 2 rings (SSSR count). The molecule has 0 radical (unpaired) electrons. The number of halogens is 2. The summed E-state index contributed by atoms with van der Waals surface area (Å²) in [7, 11) is 0. The zero-order valence-electron chi connectivity index (χ0n) is 11.5. The topological polar surface area (TPSA) is 46.9 Å². The molecule has 1 heterocycles. The van der Waals surface area contributed by atoms with E-state index in [0.29, 0.717) is 29.4 Å². The van der Waals surface area contributed by atoms with Crippen LogP contribution in [0, 0.1) is 0 Å². The van der Waals surface area contributed by atoms with Gasteiger partial charge in [0, 0.05) is 18.8 Å². The molecule has 20 heavy (non-hydrogen) atoms. The van der Waals surface area contributed by atoms with Crippen LogP contribution in [0.25, 0.3) is 11.0 Å². The molecule has 0 fully saturated rings. The van der Waals surface area contributed by atoms with E-state index in [1.807, 2.05) is 30.5 Å². The molecule has 0 bridgehead atoms. The predicted octanol–water partition coefficient (Wildman–Crippen LogP) is 3.17. The van der Waals surface area contributed by atoms with Crippen molar-refractivity contribution < 1.29 is 4.79 Å². The molecule has 1 unspecified atom stereocenters. The van der Waals surface area contributed by atoms with Gasteiger partial charge in [-0.15, -0.1) is 11.6 Å². The number of fused-ring (bicyclic) bond motifs is 1. The Kier molecular flexibility index (Phi) is 4.89. The summed E-state index contributed by atoms with van der Waals surface area (Å²) in [4.78, 5) is 16.6. The first-order valence-corrected chi connectivity index (χ1v) is 7.50. The Bertz CT molecular complexity index is 624. The van der Waals surface area contributed by atoms with Crippen molar-refractivity contribution in [3.05, 3.63) is 29.0 Å². The molecule has 1 amide bonds. The van der Waals surface area contributed by atoms with Crippen LogP contribution < -0.4 is 5.32 Å². The number of rotatable bonds is 5. The number of nitrogens with one attached hydrogen (secondary N) is 1. The standard InChI is InChI=1S/C14H17Cl2N3O/c1-3-17-14(20)9(2)19-11-6-4-5-10(16)13(11)18-12(19)7-8-15/h4-6,9H,3,7-8H2,1-2H3,(H,17,20). The summed E-state index contributed by atoms with van der Waals surface area (Å²) in [6.45, 7) is 4.35. The van der Waals surface area contributed by atoms with E-state index in [9.17, 15) is 4.79 Å². The lowest BCUT2D eigenvalue weighted by Crippen LogP contribution is -2.31. The first-order valence-electron chi connectivity index (χ1n) is 6.59. The molecule has 0 aliphatic carbocycles. The summed E-state index contributed by atoms with van der Waals surface area (Å²) in [5, 5.41) is 3.41. The molecule has 4 nitrogen and oxygen atoms in total. The molecule has 0 aliphatic heterocycles. The maximum Gasteiger partial charge on any atom is 0.242 e. The van der Waals surface area contributed by atoms with Crippen molar-refractivity contribution in [1.29, 1.82) is 0 Å². The van der Waals surface area contributed by atoms with Crippen molar-refractivity contribution in [3.63, 3.8) is 0 Å². The first kappa shape index (κ1) is 15.1. The average Bonchev–Trinajstić information content (AvgIpc) is 2.78. The number of nitrogens with zero attached hydrogens (tertiary/aromatic N) is 2. The molecule has 108 valence electrons. The minimum atomic E-state index is -0.350.